The molecule has 0 saturated carbocycles. The highest BCUT2D eigenvalue weighted by Gasteiger charge is 2.47. The lowest BCUT2D eigenvalue weighted by atomic mass is 9.98. The first-order valence-electron chi connectivity index (χ1n) is 25.4. The maximum atomic E-state index is 13.0. The van der Waals surface area contributed by atoms with Crippen LogP contribution in [-0.4, -0.2) is 142 Å². The lowest BCUT2D eigenvalue weighted by Gasteiger charge is -2.42. The van der Waals surface area contributed by atoms with E-state index in [0.717, 1.165) is 83.5 Å². The van der Waals surface area contributed by atoms with Gasteiger partial charge in [-0.25, -0.2) is 0 Å². The maximum absolute atomic E-state index is 13.0. The van der Waals surface area contributed by atoms with E-state index in [0.29, 0.717) is 13.0 Å². The Bertz CT molecular complexity index is 1320. The molecule has 382 valence electrons. The number of aliphatic hydroxyl groups is 7. The lowest BCUT2D eigenvalue weighted by Crippen LogP contribution is -2.61. The molecule has 0 bridgehead atoms. The van der Waals surface area contributed by atoms with Gasteiger partial charge >= 0.3 is 5.97 Å². The van der Waals surface area contributed by atoms with Crippen LogP contribution in [0.25, 0.3) is 0 Å². The summed E-state index contributed by atoms with van der Waals surface area (Å²) in [6, 6.07) is 0. The number of carbonyl (C=O) groups excluding carboxylic acids is 1. The number of unbranched alkanes of at least 4 members (excludes halogenated alkanes) is 15. The van der Waals surface area contributed by atoms with Gasteiger partial charge in [0.25, 0.3) is 0 Å². The molecule has 0 radical (unpaired) electrons. The average molecular weight is 939 g/mol. The van der Waals surface area contributed by atoms with Crippen molar-refractivity contribution in [2.24, 2.45) is 0 Å². The molecule has 0 amide bonds. The van der Waals surface area contributed by atoms with E-state index in [1.54, 1.807) is 0 Å². The Morgan fingerprint density at radius 1 is 0.515 bits per heavy atom. The summed E-state index contributed by atoms with van der Waals surface area (Å²) in [7, 11) is 0. The largest absolute Gasteiger partial charge is 0.457 e. The summed E-state index contributed by atoms with van der Waals surface area (Å²) in [5, 5.41) is 72.1. The summed E-state index contributed by atoms with van der Waals surface area (Å²) >= 11 is 0. The van der Waals surface area contributed by atoms with Crippen LogP contribution in [0.15, 0.2) is 60.8 Å². The van der Waals surface area contributed by atoms with E-state index in [9.17, 15) is 40.5 Å². The first kappa shape index (κ1) is 59.8. The fourth-order valence-corrected chi connectivity index (χ4v) is 7.66. The predicted octanol–water partition coefficient (Wildman–Crippen LogP) is 7.35. The van der Waals surface area contributed by atoms with Crippen LogP contribution in [0.2, 0.25) is 0 Å². The Labute approximate surface area is 396 Å². The number of carbonyl (C=O) groups is 1. The third-order valence-corrected chi connectivity index (χ3v) is 11.8. The average Bonchev–Trinajstić information content (AvgIpc) is 3.31. The van der Waals surface area contributed by atoms with Crippen LogP contribution in [0.3, 0.4) is 0 Å². The van der Waals surface area contributed by atoms with E-state index >= 15 is 0 Å². The van der Waals surface area contributed by atoms with Gasteiger partial charge in [-0.15, -0.1) is 0 Å². The fourth-order valence-electron chi connectivity index (χ4n) is 7.66. The lowest BCUT2D eigenvalue weighted by molar-refractivity contribution is -0.332. The topological polar surface area (TPSA) is 214 Å². The van der Waals surface area contributed by atoms with E-state index in [1.807, 2.05) is 0 Å². The second kappa shape index (κ2) is 39.5. The minimum absolute atomic E-state index is 0.0435. The monoisotopic (exact) mass is 939 g/mol. The molecule has 2 heterocycles. The number of hydrogen-bond acceptors (Lipinski definition) is 14. The van der Waals surface area contributed by atoms with Gasteiger partial charge in [-0.3, -0.25) is 4.79 Å². The fraction of sp³-hybridized carbons (Fsp3) is 0.788. The second-order valence-corrected chi connectivity index (χ2v) is 17.6. The van der Waals surface area contributed by atoms with Gasteiger partial charge in [0.1, 0.15) is 54.9 Å². The zero-order valence-electron chi connectivity index (χ0n) is 40.4. The Balaban J connectivity index is 1.78. The highest BCUT2D eigenvalue weighted by molar-refractivity contribution is 5.69. The van der Waals surface area contributed by atoms with Crippen molar-refractivity contribution in [2.45, 2.75) is 229 Å². The molecule has 66 heavy (non-hydrogen) atoms. The second-order valence-electron chi connectivity index (χ2n) is 17.6. The van der Waals surface area contributed by atoms with Crippen LogP contribution in [0.1, 0.15) is 162 Å². The standard InChI is InChI=1S/C52H90O14/c1-3-5-7-9-11-13-15-17-18-19-20-21-22-23-24-26-28-30-32-34-36-61-38-41(64-44(54)35-33-31-29-27-25-16-14-12-10-8-6-4-2)39-62-51-50(60)48(58)46(56)43(66-51)40-63-52-49(59)47(57)45(55)42(37-53)65-52/h5,7,11,13,17-18,20-21,23-24,41-43,45-53,55-60H,3-4,6,8-10,12,14-16,19,22,25-40H2,1-2H3/b7-5-,13-11-,18-17-,21-20-,24-23-. The molecule has 14 nitrogen and oxygen atoms in total. The SMILES string of the molecule is CC/C=C\C/C=C\C/C=C\C/C=C\C/C=C\CCCCCCOCC(COC1OC(COC2OC(CO)C(O)C(O)C2O)C(O)C(O)C1O)OC(=O)CCCCCCCCCCCCCC. The van der Waals surface area contributed by atoms with E-state index in [1.165, 1.54) is 51.4 Å². The molecule has 0 aromatic carbocycles. The van der Waals surface area contributed by atoms with Crippen molar-refractivity contribution in [1.29, 1.82) is 0 Å². The van der Waals surface area contributed by atoms with Crippen molar-refractivity contribution in [1.82, 2.24) is 0 Å². The number of aliphatic hydroxyl groups excluding tert-OH is 7. The van der Waals surface area contributed by atoms with Gasteiger partial charge < -0.3 is 64.2 Å². The Morgan fingerprint density at radius 2 is 0.985 bits per heavy atom. The quantitative estimate of drug-likeness (QED) is 0.0183. The molecule has 0 aromatic heterocycles. The molecule has 14 heteroatoms. The minimum Gasteiger partial charge on any atom is -0.457 e. The highest BCUT2D eigenvalue weighted by Crippen LogP contribution is 2.26. The van der Waals surface area contributed by atoms with Crippen molar-refractivity contribution < 1.29 is 69.0 Å². The summed E-state index contributed by atoms with van der Waals surface area (Å²) in [6.45, 7) is 3.49. The van der Waals surface area contributed by atoms with E-state index in [-0.39, 0.29) is 25.6 Å². The summed E-state index contributed by atoms with van der Waals surface area (Å²) in [4.78, 5) is 13.0. The third-order valence-electron chi connectivity index (χ3n) is 11.8. The van der Waals surface area contributed by atoms with Crippen LogP contribution >= 0.6 is 0 Å². The highest BCUT2D eigenvalue weighted by atomic mass is 16.7. The Morgan fingerprint density at radius 3 is 1.55 bits per heavy atom. The smallest absolute Gasteiger partial charge is 0.306 e. The number of rotatable bonds is 39. The Kier molecular flexibility index (Phi) is 35.8. The summed E-state index contributed by atoms with van der Waals surface area (Å²) in [6.07, 6.45) is 30.0. The molecule has 7 N–H and O–H groups in total. The molecule has 2 aliphatic heterocycles. The minimum atomic E-state index is -1.71. The van der Waals surface area contributed by atoms with Crippen LogP contribution in [0, 0.1) is 0 Å². The number of ether oxygens (including phenoxy) is 6. The molecule has 0 aliphatic carbocycles. The van der Waals surface area contributed by atoms with Crippen LogP contribution in [0.5, 0.6) is 0 Å². The van der Waals surface area contributed by atoms with Crippen LogP contribution in [-0.2, 0) is 33.2 Å². The van der Waals surface area contributed by atoms with E-state index in [2.05, 4.69) is 74.6 Å². The molecular weight excluding hydrogens is 849 g/mol. The predicted molar refractivity (Wildman–Crippen MR) is 256 cm³/mol. The molecule has 2 aliphatic rings. The Hall–Kier alpha value is -2.31. The zero-order chi connectivity index (χ0) is 48.0. The van der Waals surface area contributed by atoms with Gasteiger partial charge in [-0.05, 0) is 57.8 Å². The van der Waals surface area contributed by atoms with Crippen LogP contribution in [0.4, 0.5) is 0 Å². The summed E-state index contributed by atoms with van der Waals surface area (Å²) in [5.41, 5.74) is 0. The maximum Gasteiger partial charge on any atom is 0.306 e. The first-order chi connectivity index (χ1) is 32.1. The summed E-state index contributed by atoms with van der Waals surface area (Å²) < 4.78 is 34.2. The van der Waals surface area contributed by atoms with Gasteiger partial charge in [-0.2, -0.15) is 0 Å². The normalized spacial score (nSPS) is 26.8. The first-order valence-corrected chi connectivity index (χ1v) is 25.4. The van der Waals surface area contributed by atoms with E-state index < -0.39 is 80.7 Å². The van der Waals surface area contributed by atoms with Crippen molar-refractivity contribution in [3.05, 3.63) is 60.8 Å². The molecule has 11 unspecified atom stereocenters. The van der Waals surface area contributed by atoms with Gasteiger partial charge in [0.2, 0.25) is 0 Å². The van der Waals surface area contributed by atoms with E-state index in [4.69, 9.17) is 28.4 Å². The van der Waals surface area contributed by atoms with Gasteiger partial charge in [0.05, 0.1) is 26.4 Å². The van der Waals surface area contributed by atoms with Crippen molar-refractivity contribution in [2.75, 3.05) is 33.0 Å². The van der Waals surface area contributed by atoms with Crippen molar-refractivity contribution >= 4 is 5.97 Å². The molecular formula is C52H90O14. The van der Waals surface area contributed by atoms with Crippen molar-refractivity contribution in [3.8, 4) is 0 Å². The van der Waals surface area contributed by atoms with Crippen molar-refractivity contribution in [3.63, 3.8) is 0 Å². The molecule has 2 saturated heterocycles. The molecule has 0 aromatic rings. The third kappa shape index (κ3) is 27.0. The zero-order valence-corrected chi connectivity index (χ0v) is 40.4. The summed E-state index contributed by atoms with van der Waals surface area (Å²) in [5.74, 6) is -0.388. The number of hydrogen-bond donors (Lipinski definition) is 7. The number of allylic oxidation sites excluding steroid dienone is 10. The van der Waals surface area contributed by atoms with Gasteiger partial charge in [0.15, 0.2) is 12.6 Å². The van der Waals surface area contributed by atoms with Crippen LogP contribution < -0.4 is 0 Å². The van der Waals surface area contributed by atoms with Gasteiger partial charge in [-0.1, -0.05) is 158 Å². The molecule has 0 spiro atoms. The van der Waals surface area contributed by atoms with Gasteiger partial charge in [0, 0.05) is 13.0 Å². The molecule has 11 atom stereocenters. The molecule has 2 fully saturated rings. The number of esters is 1. The molecule has 2 rings (SSSR count).